The van der Waals surface area contributed by atoms with Gasteiger partial charge in [0, 0.05) is 12.5 Å². The Labute approximate surface area is 170 Å². The number of methoxy groups -OCH3 is 1. The lowest BCUT2D eigenvalue weighted by atomic mass is 10.2. The number of carbonyl (C=O) groups excluding carboxylic acids is 1. The molecular weight excluding hydrogens is 396 g/mol. The van der Waals surface area contributed by atoms with E-state index in [1.54, 1.807) is 7.11 Å². The minimum atomic E-state index is -0.131. The van der Waals surface area contributed by atoms with Gasteiger partial charge < -0.3 is 9.30 Å². The van der Waals surface area contributed by atoms with Crippen LogP contribution in [0.3, 0.4) is 0 Å². The molecule has 1 N–H and O–H groups in total. The number of hydrogen-bond acceptors (Lipinski definition) is 8. The number of anilines is 1. The Kier molecular flexibility index (Phi) is 5.58. The van der Waals surface area contributed by atoms with E-state index in [0.29, 0.717) is 22.8 Å². The number of aromatic nitrogens is 5. The van der Waals surface area contributed by atoms with Gasteiger partial charge in [0.15, 0.2) is 11.0 Å². The number of thioether (sulfide) groups is 1. The largest absolute Gasteiger partial charge is 0.496 e. The summed E-state index contributed by atoms with van der Waals surface area (Å²) in [6.45, 7) is 2.71. The fraction of sp³-hybridized carbons (Fsp3) is 0.389. The van der Waals surface area contributed by atoms with Gasteiger partial charge in [-0.05, 0) is 31.9 Å². The molecule has 10 heteroatoms. The van der Waals surface area contributed by atoms with Crippen molar-refractivity contribution in [3.05, 3.63) is 29.3 Å². The summed E-state index contributed by atoms with van der Waals surface area (Å²) < 4.78 is 7.41. The van der Waals surface area contributed by atoms with E-state index in [1.807, 2.05) is 35.8 Å². The molecule has 0 saturated heterocycles. The second-order valence-corrected chi connectivity index (χ2v) is 8.26. The molecular formula is C18H20N6O2S2. The Morgan fingerprint density at radius 1 is 1.29 bits per heavy atom. The molecule has 0 spiro atoms. The maximum Gasteiger partial charge on any atom is 0.236 e. The molecule has 1 amide bonds. The molecule has 146 valence electrons. The van der Waals surface area contributed by atoms with Gasteiger partial charge in [0.1, 0.15) is 10.8 Å². The number of rotatable bonds is 8. The average Bonchev–Trinajstić information content (AvgIpc) is 3.33. The van der Waals surface area contributed by atoms with Crippen molar-refractivity contribution in [2.24, 2.45) is 0 Å². The van der Waals surface area contributed by atoms with Gasteiger partial charge in [-0.1, -0.05) is 35.2 Å². The van der Waals surface area contributed by atoms with E-state index >= 15 is 0 Å². The van der Waals surface area contributed by atoms with Crippen LogP contribution >= 0.6 is 23.1 Å². The van der Waals surface area contributed by atoms with E-state index < -0.39 is 0 Å². The molecule has 0 unspecified atom stereocenters. The van der Waals surface area contributed by atoms with Crippen LogP contribution in [0, 0.1) is 0 Å². The van der Waals surface area contributed by atoms with Crippen molar-refractivity contribution in [2.45, 2.75) is 37.4 Å². The number of amides is 1. The smallest absolute Gasteiger partial charge is 0.236 e. The highest BCUT2D eigenvalue weighted by molar-refractivity contribution is 7.99. The highest BCUT2D eigenvalue weighted by Gasteiger charge is 2.27. The van der Waals surface area contributed by atoms with Crippen LogP contribution in [0.5, 0.6) is 5.75 Å². The number of hydrogen-bond donors (Lipinski definition) is 1. The Bertz CT molecular complexity index is 982. The number of para-hydroxylation sites is 1. The third kappa shape index (κ3) is 4.02. The molecule has 8 nitrogen and oxygen atoms in total. The van der Waals surface area contributed by atoms with Gasteiger partial charge >= 0.3 is 0 Å². The summed E-state index contributed by atoms with van der Waals surface area (Å²) in [4.78, 5) is 12.3. The highest BCUT2D eigenvalue weighted by atomic mass is 32.2. The summed E-state index contributed by atoms with van der Waals surface area (Å²) in [5.41, 5.74) is 0.872. The van der Waals surface area contributed by atoms with E-state index in [4.69, 9.17) is 4.74 Å². The van der Waals surface area contributed by atoms with Gasteiger partial charge in [-0.25, -0.2) is 0 Å². The molecule has 0 bridgehead atoms. The first-order chi connectivity index (χ1) is 13.7. The summed E-state index contributed by atoms with van der Waals surface area (Å²) >= 11 is 2.80. The second-order valence-electron chi connectivity index (χ2n) is 6.31. The summed E-state index contributed by atoms with van der Waals surface area (Å²) in [5.74, 6) is 2.09. The molecule has 1 saturated carbocycles. The maximum atomic E-state index is 12.3. The van der Waals surface area contributed by atoms with Crippen molar-refractivity contribution < 1.29 is 9.53 Å². The summed E-state index contributed by atoms with van der Waals surface area (Å²) in [5, 5.41) is 21.8. The molecule has 1 fully saturated rings. The number of benzene rings is 1. The van der Waals surface area contributed by atoms with Gasteiger partial charge in [0.05, 0.1) is 18.4 Å². The van der Waals surface area contributed by atoms with Crippen molar-refractivity contribution >= 4 is 34.1 Å². The van der Waals surface area contributed by atoms with E-state index in [2.05, 4.69) is 25.7 Å². The normalized spacial score (nSPS) is 13.5. The SMILES string of the molecule is CCn1c(SCC(=O)Nc2nnc(C3CC3)s2)nnc1-c1ccccc1OC. The fourth-order valence-electron chi connectivity index (χ4n) is 2.77. The van der Waals surface area contributed by atoms with Crippen molar-refractivity contribution in [2.75, 3.05) is 18.2 Å². The lowest BCUT2D eigenvalue weighted by Gasteiger charge is -2.10. The highest BCUT2D eigenvalue weighted by Crippen LogP contribution is 2.42. The van der Waals surface area contributed by atoms with Gasteiger partial charge in [-0.3, -0.25) is 10.1 Å². The van der Waals surface area contributed by atoms with Crippen LogP contribution in [0.15, 0.2) is 29.4 Å². The Morgan fingerprint density at radius 3 is 2.86 bits per heavy atom. The minimum absolute atomic E-state index is 0.131. The molecule has 0 radical (unpaired) electrons. The quantitative estimate of drug-likeness (QED) is 0.562. The van der Waals surface area contributed by atoms with Crippen molar-refractivity contribution in [3.63, 3.8) is 0 Å². The predicted octanol–water partition coefficient (Wildman–Crippen LogP) is 3.43. The van der Waals surface area contributed by atoms with Crippen LogP contribution in [0.2, 0.25) is 0 Å². The Hall–Kier alpha value is -2.46. The van der Waals surface area contributed by atoms with E-state index in [0.717, 1.165) is 22.1 Å². The summed E-state index contributed by atoms with van der Waals surface area (Å²) in [7, 11) is 1.63. The summed E-state index contributed by atoms with van der Waals surface area (Å²) in [6, 6.07) is 7.69. The molecule has 28 heavy (non-hydrogen) atoms. The zero-order valence-corrected chi connectivity index (χ0v) is 17.2. The molecule has 2 aromatic heterocycles. The zero-order valence-electron chi connectivity index (χ0n) is 15.6. The minimum Gasteiger partial charge on any atom is -0.496 e. The van der Waals surface area contributed by atoms with E-state index in [1.165, 1.54) is 35.9 Å². The molecule has 1 aromatic carbocycles. The van der Waals surface area contributed by atoms with Crippen molar-refractivity contribution in [3.8, 4) is 17.1 Å². The van der Waals surface area contributed by atoms with Crippen LogP contribution in [0.4, 0.5) is 5.13 Å². The maximum absolute atomic E-state index is 12.3. The lowest BCUT2D eigenvalue weighted by Crippen LogP contribution is -2.14. The van der Waals surface area contributed by atoms with Crippen LogP contribution < -0.4 is 10.1 Å². The van der Waals surface area contributed by atoms with Gasteiger partial charge in [-0.2, -0.15) is 0 Å². The Morgan fingerprint density at radius 2 is 2.11 bits per heavy atom. The monoisotopic (exact) mass is 416 g/mol. The third-order valence-electron chi connectivity index (χ3n) is 4.33. The molecule has 0 atom stereocenters. The zero-order chi connectivity index (χ0) is 19.5. The third-order valence-corrected chi connectivity index (χ3v) is 6.29. The van der Waals surface area contributed by atoms with Gasteiger partial charge in [-0.15, -0.1) is 20.4 Å². The molecule has 1 aliphatic rings. The standard InChI is InChI=1S/C18H20N6O2S2/c1-3-24-15(12-6-4-5-7-13(12)26-2)20-23-18(24)27-10-14(25)19-17-22-21-16(28-17)11-8-9-11/h4-7,11H,3,8-10H2,1-2H3,(H,19,22,25). The van der Waals surface area contributed by atoms with Crippen LogP contribution in [-0.4, -0.2) is 43.7 Å². The number of nitrogens with one attached hydrogen (secondary N) is 1. The molecule has 0 aliphatic heterocycles. The predicted molar refractivity (Wildman–Crippen MR) is 109 cm³/mol. The van der Waals surface area contributed by atoms with Crippen LogP contribution in [0.25, 0.3) is 11.4 Å². The second kappa shape index (κ2) is 8.27. The van der Waals surface area contributed by atoms with E-state index in [-0.39, 0.29) is 11.7 Å². The number of ether oxygens (including phenoxy) is 1. The molecule has 3 aromatic rings. The average molecular weight is 417 g/mol. The van der Waals surface area contributed by atoms with Crippen LogP contribution in [0.1, 0.15) is 30.7 Å². The van der Waals surface area contributed by atoms with Crippen LogP contribution in [-0.2, 0) is 11.3 Å². The number of carbonyl (C=O) groups is 1. The first-order valence-electron chi connectivity index (χ1n) is 9.02. The molecule has 2 heterocycles. The van der Waals surface area contributed by atoms with Crippen molar-refractivity contribution in [1.29, 1.82) is 0 Å². The fourth-order valence-corrected chi connectivity index (χ4v) is 4.51. The molecule has 1 aliphatic carbocycles. The van der Waals surface area contributed by atoms with E-state index in [9.17, 15) is 4.79 Å². The van der Waals surface area contributed by atoms with Gasteiger partial charge in [0.2, 0.25) is 11.0 Å². The first-order valence-corrected chi connectivity index (χ1v) is 10.8. The molecule has 4 rings (SSSR count). The topological polar surface area (TPSA) is 94.8 Å². The number of nitrogens with zero attached hydrogens (tertiary/aromatic N) is 5. The van der Waals surface area contributed by atoms with Crippen molar-refractivity contribution in [1.82, 2.24) is 25.0 Å². The van der Waals surface area contributed by atoms with Gasteiger partial charge in [0.25, 0.3) is 0 Å². The summed E-state index contributed by atoms with van der Waals surface area (Å²) in [6.07, 6.45) is 2.33. The Balaban J connectivity index is 1.43. The first kappa shape index (κ1) is 18.9. The lowest BCUT2D eigenvalue weighted by molar-refractivity contribution is -0.113.